The molecule has 2 N–H and O–H groups in total. The van der Waals surface area contributed by atoms with Crippen molar-refractivity contribution in [2.45, 2.75) is 6.92 Å². The van der Waals surface area contributed by atoms with Crippen LogP contribution >= 0.6 is 15.9 Å². The number of carbonyl (C=O) groups is 1. The minimum atomic E-state index is -0.260. The molecule has 2 aromatic rings. The lowest BCUT2D eigenvalue weighted by molar-refractivity contribution is -0.118. The van der Waals surface area contributed by atoms with Crippen LogP contribution in [0.1, 0.15) is 5.56 Å². The fourth-order valence-corrected chi connectivity index (χ4v) is 2.15. The maximum atomic E-state index is 12.0. The number of para-hydroxylation sites is 2. The summed E-state index contributed by atoms with van der Waals surface area (Å²) in [6.45, 7) is 1.90. The highest BCUT2D eigenvalue weighted by Crippen LogP contribution is 2.26. The molecule has 2 aromatic carbocycles. The molecule has 0 unspecified atom stereocenters. The summed E-state index contributed by atoms with van der Waals surface area (Å²) in [5, 5.41) is 11.6. The van der Waals surface area contributed by atoms with Crippen LogP contribution < -0.4 is 14.8 Å². The van der Waals surface area contributed by atoms with E-state index < -0.39 is 0 Å². The summed E-state index contributed by atoms with van der Waals surface area (Å²) in [5.41, 5.74) is 1.75. The lowest BCUT2D eigenvalue weighted by atomic mass is 10.2. The summed E-state index contributed by atoms with van der Waals surface area (Å²) in [7, 11) is 0. The normalized spacial score (nSPS) is 10.2. The molecule has 5 nitrogen and oxygen atoms in total. The second kappa shape index (κ2) is 8.55. The van der Waals surface area contributed by atoms with E-state index in [1.807, 2.05) is 25.1 Å². The Morgan fingerprint density at radius 3 is 2.52 bits per heavy atom. The van der Waals surface area contributed by atoms with Gasteiger partial charge in [0.05, 0.1) is 6.61 Å². The van der Waals surface area contributed by atoms with Gasteiger partial charge in [-0.25, -0.2) is 0 Å². The first-order valence-electron chi connectivity index (χ1n) is 7.11. The van der Waals surface area contributed by atoms with E-state index in [1.54, 1.807) is 24.3 Å². The Bertz CT molecular complexity index is 675. The zero-order valence-corrected chi connectivity index (χ0v) is 14.3. The largest absolute Gasteiger partial charge is 0.487 e. The number of aryl methyl sites for hydroxylation is 1. The molecule has 0 aliphatic carbocycles. The molecule has 0 bridgehead atoms. The van der Waals surface area contributed by atoms with E-state index in [4.69, 9.17) is 14.6 Å². The van der Waals surface area contributed by atoms with Gasteiger partial charge in [0.2, 0.25) is 0 Å². The first kappa shape index (κ1) is 17.3. The fraction of sp³-hybridized carbons (Fsp3) is 0.235. The number of rotatable bonds is 7. The average molecular weight is 380 g/mol. The van der Waals surface area contributed by atoms with Crippen LogP contribution in [0.5, 0.6) is 11.5 Å². The van der Waals surface area contributed by atoms with Gasteiger partial charge >= 0.3 is 0 Å². The number of ether oxygens (including phenoxy) is 2. The van der Waals surface area contributed by atoms with Crippen molar-refractivity contribution < 1.29 is 19.4 Å². The molecule has 0 aliphatic heterocycles. The molecule has 0 saturated heterocycles. The Kier molecular flexibility index (Phi) is 6.43. The third-order valence-electron chi connectivity index (χ3n) is 3.00. The summed E-state index contributed by atoms with van der Waals surface area (Å²) in [6.07, 6.45) is 0. The quantitative estimate of drug-likeness (QED) is 0.775. The molecule has 0 spiro atoms. The highest BCUT2D eigenvalue weighted by molar-refractivity contribution is 9.10. The zero-order valence-electron chi connectivity index (χ0n) is 12.7. The van der Waals surface area contributed by atoms with Crippen molar-refractivity contribution in [1.29, 1.82) is 0 Å². The van der Waals surface area contributed by atoms with E-state index in [-0.39, 0.29) is 25.7 Å². The highest BCUT2D eigenvalue weighted by atomic mass is 79.9. The molecular weight excluding hydrogens is 362 g/mol. The van der Waals surface area contributed by atoms with Gasteiger partial charge in [0.1, 0.15) is 6.61 Å². The number of aliphatic hydroxyl groups is 1. The van der Waals surface area contributed by atoms with Crippen molar-refractivity contribution in [1.82, 2.24) is 0 Å². The molecule has 0 fully saturated rings. The molecule has 0 heterocycles. The highest BCUT2D eigenvalue weighted by Gasteiger charge is 2.08. The Morgan fingerprint density at radius 1 is 1.17 bits per heavy atom. The molecule has 0 saturated carbocycles. The number of hydrogen-bond donors (Lipinski definition) is 2. The van der Waals surface area contributed by atoms with Gasteiger partial charge in [-0.1, -0.05) is 28.1 Å². The molecule has 0 atom stereocenters. The number of benzene rings is 2. The van der Waals surface area contributed by atoms with Crippen LogP contribution in [0.25, 0.3) is 0 Å². The van der Waals surface area contributed by atoms with Gasteiger partial charge in [0.15, 0.2) is 18.1 Å². The van der Waals surface area contributed by atoms with Crippen molar-refractivity contribution in [3.63, 3.8) is 0 Å². The van der Waals surface area contributed by atoms with Crippen LogP contribution in [0.3, 0.4) is 0 Å². The minimum Gasteiger partial charge on any atom is -0.487 e. The predicted octanol–water partition coefficient (Wildman–Crippen LogP) is 3.15. The standard InChI is InChI=1S/C17H18BrNO4/c1-12-10-13(6-7-14(12)18)19-17(21)11-23-16-5-3-2-4-15(16)22-9-8-20/h2-7,10,20H,8-9,11H2,1H3,(H,19,21). The molecule has 1 amide bonds. The van der Waals surface area contributed by atoms with Gasteiger partial charge in [-0.15, -0.1) is 0 Å². The van der Waals surface area contributed by atoms with Gasteiger partial charge in [0.25, 0.3) is 5.91 Å². The molecule has 122 valence electrons. The number of hydrogen-bond acceptors (Lipinski definition) is 4. The Balaban J connectivity index is 1.92. The number of halogens is 1. The molecule has 2 rings (SSSR count). The lowest BCUT2D eigenvalue weighted by Gasteiger charge is -2.12. The maximum absolute atomic E-state index is 12.0. The monoisotopic (exact) mass is 379 g/mol. The van der Waals surface area contributed by atoms with E-state index in [9.17, 15) is 4.79 Å². The average Bonchev–Trinajstić information content (AvgIpc) is 2.55. The van der Waals surface area contributed by atoms with Crippen molar-refractivity contribution >= 4 is 27.5 Å². The van der Waals surface area contributed by atoms with Crippen molar-refractivity contribution in [2.75, 3.05) is 25.1 Å². The van der Waals surface area contributed by atoms with Gasteiger partial charge < -0.3 is 19.9 Å². The van der Waals surface area contributed by atoms with Gasteiger partial charge in [-0.05, 0) is 42.8 Å². The summed E-state index contributed by atoms with van der Waals surface area (Å²) in [6, 6.07) is 12.6. The summed E-state index contributed by atoms with van der Waals surface area (Å²) in [5.74, 6) is 0.695. The first-order valence-corrected chi connectivity index (χ1v) is 7.91. The molecule has 0 aliphatic rings. The summed E-state index contributed by atoms with van der Waals surface area (Å²) < 4.78 is 11.8. The third kappa shape index (κ3) is 5.26. The SMILES string of the molecule is Cc1cc(NC(=O)COc2ccccc2OCCO)ccc1Br. The van der Waals surface area contributed by atoms with Crippen LogP contribution in [-0.4, -0.2) is 30.8 Å². The van der Waals surface area contributed by atoms with Crippen molar-refractivity contribution in [3.8, 4) is 11.5 Å². The van der Waals surface area contributed by atoms with E-state index in [1.165, 1.54) is 0 Å². The van der Waals surface area contributed by atoms with Gasteiger partial charge in [0, 0.05) is 10.2 Å². The van der Waals surface area contributed by atoms with Crippen molar-refractivity contribution in [2.24, 2.45) is 0 Å². The Morgan fingerprint density at radius 2 is 1.87 bits per heavy atom. The first-order chi connectivity index (χ1) is 11.1. The van der Waals surface area contributed by atoms with E-state index in [2.05, 4.69) is 21.2 Å². The maximum Gasteiger partial charge on any atom is 0.262 e. The van der Waals surface area contributed by atoms with Crippen molar-refractivity contribution in [3.05, 3.63) is 52.5 Å². The smallest absolute Gasteiger partial charge is 0.262 e. The Labute approximate surface area is 143 Å². The molecular formula is C17H18BrNO4. The van der Waals surface area contributed by atoms with E-state index in [0.717, 1.165) is 10.0 Å². The van der Waals surface area contributed by atoms with Crippen LogP contribution in [0.15, 0.2) is 46.9 Å². The second-order valence-corrected chi connectivity index (χ2v) is 5.67. The third-order valence-corrected chi connectivity index (χ3v) is 3.89. The van der Waals surface area contributed by atoms with Gasteiger partial charge in [-0.2, -0.15) is 0 Å². The zero-order chi connectivity index (χ0) is 16.7. The number of nitrogens with one attached hydrogen (secondary N) is 1. The van der Waals surface area contributed by atoms with E-state index in [0.29, 0.717) is 17.2 Å². The number of aliphatic hydroxyl groups excluding tert-OH is 1. The molecule has 0 aromatic heterocycles. The Hall–Kier alpha value is -2.05. The summed E-state index contributed by atoms with van der Waals surface area (Å²) in [4.78, 5) is 12.0. The van der Waals surface area contributed by atoms with Gasteiger partial charge in [-0.3, -0.25) is 4.79 Å². The fourth-order valence-electron chi connectivity index (χ4n) is 1.91. The predicted molar refractivity (Wildman–Crippen MR) is 92.0 cm³/mol. The molecule has 6 heteroatoms. The number of carbonyl (C=O) groups excluding carboxylic acids is 1. The van der Waals surface area contributed by atoms with Crippen LogP contribution in [0, 0.1) is 6.92 Å². The van der Waals surface area contributed by atoms with E-state index >= 15 is 0 Å². The molecule has 23 heavy (non-hydrogen) atoms. The topological polar surface area (TPSA) is 67.8 Å². The lowest BCUT2D eigenvalue weighted by Crippen LogP contribution is -2.20. The molecule has 0 radical (unpaired) electrons. The minimum absolute atomic E-state index is 0.0856. The van der Waals surface area contributed by atoms with Crippen LogP contribution in [-0.2, 0) is 4.79 Å². The number of amides is 1. The number of anilines is 1. The van der Waals surface area contributed by atoms with Crippen LogP contribution in [0.4, 0.5) is 5.69 Å². The second-order valence-electron chi connectivity index (χ2n) is 4.82. The summed E-state index contributed by atoms with van der Waals surface area (Å²) >= 11 is 3.42. The van der Waals surface area contributed by atoms with Crippen LogP contribution in [0.2, 0.25) is 0 Å².